The van der Waals surface area contributed by atoms with Crippen molar-refractivity contribution < 1.29 is 14.7 Å². The summed E-state index contributed by atoms with van der Waals surface area (Å²) in [6.45, 7) is 2.11. The number of hydrogen-bond acceptors (Lipinski definition) is 4. The zero-order valence-electron chi connectivity index (χ0n) is 9.51. The summed E-state index contributed by atoms with van der Waals surface area (Å²) in [6.07, 6.45) is 3.94. The molecule has 1 saturated heterocycles. The predicted octanol–water partition coefficient (Wildman–Crippen LogP) is 2.34. The van der Waals surface area contributed by atoms with Gasteiger partial charge in [-0.05, 0) is 29.9 Å². The third-order valence-corrected chi connectivity index (χ3v) is 5.97. The first-order chi connectivity index (χ1) is 8.15. The molecule has 2 unspecified atom stereocenters. The molecule has 0 aromatic heterocycles. The van der Waals surface area contributed by atoms with Gasteiger partial charge in [0.15, 0.2) is 5.78 Å². The number of carboxylic acids is 1. The van der Waals surface area contributed by atoms with Crippen molar-refractivity contribution in [3.8, 4) is 0 Å². The Balaban J connectivity index is 2.24. The molecule has 1 aliphatic carbocycles. The molecule has 0 saturated carbocycles. The number of fused-ring (bicyclic) bond motifs is 1. The lowest BCUT2D eigenvalue weighted by atomic mass is 9.88. The van der Waals surface area contributed by atoms with E-state index >= 15 is 0 Å². The van der Waals surface area contributed by atoms with Gasteiger partial charge in [-0.3, -0.25) is 4.79 Å². The van der Waals surface area contributed by atoms with E-state index in [4.69, 9.17) is 5.11 Å². The van der Waals surface area contributed by atoms with Crippen LogP contribution in [0.2, 0.25) is 0 Å². The molecule has 1 N–H and O–H groups in total. The van der Waals surface area contributed by atoms with Gasteiger partial charge in [-0.15, -0.1) is 23.5 Å². The fraction of sp³-hybridized carbons (Fsp3) is 0.500. The molecule has 0 aromatic rings. The van der Waals surface area contributed by atoms with Gasteiger partial charge in [-0.1, -0.05) is 6.92 Å². The lowest BCUT2D eigenvalue weighted by Crippen LogP contribution is -2.24. The number of allylic oxidation sites excluding steroid dienone is 1. The molecule has 92 valence electrons. The van der Waals surface area contributed by atoms with Crippen molar-refractivity contribution in [1.82, 2.24) is 0 Å². The van der Waals surface area contributed by atoms with Crippen LogP contribution in [0.3, 0.4) is 0 Å². The number of rotatable bonds is 4. The van der Waals surface area contributed by atoms with E-state index in [1.54, 1.807) is 23.5 Å². The van der Waals surface area contributed by atoms with E-state index in [0.29, 0.717) is 11.3 Å². The Bertz CT molecular complexity index is 412. The molecule has 1 aliphatic heterocycles. The second-order valence-electron chi connectivity index (χ2n) is 4.01. The molecule has 0 amide bonds. The smallest absolute Gasteiger partial charge is 0.335 e. The highest BCUT2D eigenvalue weighted by atomic mass is 32.2. The largest absolute Gasteiger partial charge is 0.478 e. The number of carbonyl (C=O) groups excluding carboxylic acids is 1. The van der Waals surface area contributed by atoms with Gasteiger partial charge >= 0.3 is 5.97 Å². The van der Waals surface area contributed by atoms with Crippen LogP contribution in [0.1, 0.15) is 13.3 Å². The third-order valence-electron chi connectivity index (χ3n) is 2.83. The van der Waals surface area contributed by atoms with E-state index in [0.717, 1.165) is 17.7 Å². The van der Waals surface area contributed by atoms with Crippen LogP contribution >= 0.6 is 23.5 Å². The van der Waals surface area contributed by atoms with E-state index in [1.807, 2.05) is 0 Å². The average molecular weight is 270 g/mol. The molecule has 3 nitrogen and oxygen atoms in total. The van der Waals surface area contributed by atoms with Crippen molar-refractivity contribution in [2.45, 2.75) is 17.9 Å². The van der Waals surface area contributed by atoms with Gasteiger partial charge in [0.25, 0.3) is 0 Å². The van der Waals surface area contributed by atoms with Crippen LogP contribution in [0.25, 0.3) is 0 Å². The Morgan fingerprint density at radius 2 is 2.35 bits per heavy atom. The first kappa shape index (κ1) is 12.8. The molecule has 1 fully saturated rings. The highest BCUT2D eigenvalue weighted by Crippen LogP contribution is 2.46. The van der Waals surface area contributed by atoms with Gasteiger partial charge < -0.3 is 5.11 Å². The number of aliphatic carboxylic acids is 1. The zero-order valence-corrected chi connectivity index (χ0v) is 11.1. The summed E-state index contributed by atoms with van der Waals surface area (Å²) < 4.78 is 0.191. The van der Waals surface area contributed by atoms with Crippen LogP contribution in [0.4, 0.5) is 0 Å². The minimum atomic E-state index is -0.921. The van der Waals surface area contributed by atoms with E-state index in [2.05, 4.69) is 6.92 Å². The summed E-state index contributed by atoms with van der Waals surface area (Å²) in [6, 6.07) is 0. The average Bonchev–Trinajstić information content (AvgIpc) is 2.71. The topological polar surface area (TPSA) is 54.4 Å². The molecule has 2 atom stereocenters. The Morgan fingerprint density at radius 1 is 1.59 bits per heavy atom. The van der Waals surface area contributed by atoms with E-state index in [9.17, 15) is 9.59 Å². The fourth-order valence-corrected chi connectivity index (χ4v) is 5.04. The van der Waals surface area contributed by atoms with Gasteiger partial charge in [0.1, 0.15) is 0 Å². The van der Waals surface area contributed by atoms with Crippen molar-refractivity contribution in [2.24, 2.45) is 5.92 Å². The van der Waals surface area contributed by atoms with Crippen molar-refractivity contribution in [2.75, 3.05) is 11.5 Å². The van der Waals surface area contributed by atoms with Gasteiger partial charge in [-0.25, -0.2) is 4.79 Å². The van der Waals surface area contributed by atoms with Crippen LogP contribution in [0.5, 0.6) is 0 Å². The molecule has 2 aliphatic rings. The molecule has 0 bridgehead atoms. The minimum Gasteiger partial charge on any atom is -0.478 e. The van der Waals surface area contributed by atoms with Crippen LogP contribution in [0, 0.1) is 5.92 Å². The molecule has 0 radical (unpaired) electrons. The molecule has 0 spiro atoms. The summed E-state index contributed by atoms with van der Waals surface area (Å²) in [5, 5.41) is 9.10. The van der Waals surface area contributed by atoms with E-state index in [1.165, 1.54) is 12.2 Å². The fourth-order valence-electron chi connectivity index (χ4n) is 2.04. The molecule has 17 heavy (non-hydrogen) atoms. The number of hydrogen-bond donors (Lipinski definition) is 1. The highest BCUT2D eigenvalue weighted by Gasteiger charge is 2.40. The Hall–Kier alpha value is -0.680. The highest BCUT2D eigenvalue weighted by molar-refractivity contribution is 8.17. The molecule has 0 aromatic carbocycles. The Labute approximate surface area is 109 Å². The minimum absolute atomic E-state index is 0.0589. The Kier molecular flexibility index (Phi) is 3.99. The first-order valence-corrected chi connectivity index (χ1v) is 7.66. The summed E-state index contributed by atoms with van der Waals surface area (Å²) in [4.78, 5) is 23.0. The van der Waals surface area contributed by atoms with Crippen LogP contribution in [0.15, 0.2) is 23.3 Å². The van der Waals surface area contributed by atoms with E-state index < -0.39 is 5.97 Å². The SMILES string of the molecule is CCCSC1SCC2=C(C(=O)O)C=CC(=O)C21. The van der Waals surface area contributed by atoms with Crippen molar-refractivity contribution in [1.29, 1.82) is 0 Å². The van der Waals surface area contributed by atoms with Crippen LogP contribution < -0.4 is 0 Å². The van der Waals surface area contributed by atoms with E-state index in [-0.39, 0.29) is 16.3 Å². The standard InChI is InChI=1S/C12H14O3S2/c1-2-5-16-12-10-8(6-17-12)7(11(14)15)3-4-9(10)13/h3-4,10,12H,2,5-6H2,1H3,(H,14,15). The third kappa shape index (κ3) is 2.45. The summed E-state index contributed by atoms with van der Waals surface area (Å²) in [7, 11) is 0. The lowest BCUT2D eigenvalue weighted by Gasteiger charge is -2.20. The molecular formula is C12H14O3S2. The number of carbonyl (C=O) groups is 2. The zero-order chi connectivity index (χ0) is 12.4. The van der Waals surface area contributed by atoms with Crippen molar-refractivity contribution in [3.63, 3.8) is 0 Å². The second kappa shape index (κ2) is 5.31. The van der Waals surface area contributed by atoms with Crippen molar-refractivity contribution in [3.05, 3.63) is 23.3 Å². The molecule has 5 heteroatoms. The number of thioether (sulfide) groups is 2. The monoisotopic (exact) mass is 270 g/mol. The summed E-state index contributed by atoms with van der Waals surface area (Å²) in [5.41, 5.74) is 1.13. The van der Waals surface area contributed by atoms with Crippen LogP contribution in [-0.4, -0.2) is 32.9 Å². The molecule has 1 heterocycles. The maximum absolute atomic E-state index is 11.9. The number of ketones is 1. The van der Waals surface area contributed by atoms with Gasteiger partial charge in [0, 0.05) is 5.75 Å². The first-order valence-electron chi connectivity index (χ1n) is 5.56. The van der Waals surface area contributed by atoms with Gasteiger partial charge in [0.2, 0.25) is 0 Å². The molecule has 2 rings (SSSR count). The summed E-state index contributed by atoms with van der Waals surface area (Å²) >= 11 is 3.46. The Morgan fingerprint density at radius 3 is 3.00 bits per heavy atom. The quantitative estimate of drug-likeness (QED) is 0.849. The van der Waals surface area contributed by atoms with Crippen LogP contribution in [-0.2, 0) is 9.59 Å². The van der Waals surface area contributed by atoms with Gasteiger partial charge in [-0.2, -0.15) is 0 Å². The van der Waals surface area contributed by atoms with Gasteiger partial charge in [0.05, 0.1) is 16.1 Å². The number of carboxylic acid groups (broad SMARTS) is 1. The molecular weight excluding hydrogens is 256 g/mol. The normalized spacial score (nSPS) is 27.5. The lowest BCUT2D eigenvalue weighted by molar-refractivity contribution is -0.132. The summed E-state index contributed by atoms with van der Waals surface area (Å²) in [5.74, 6) is 0.608. The maximum Gasteiger partial charge on any atom is 0.335 e. The maximum atomic E-state index is 11.9. The predicted molar refractivity (Wildman–Crippen MR) is 71.3 cm³/mol. The second-order valence-corrected chi connectivity index (χ2v) is 6.69. The van der Waals surface area contributed by atoms with Crippen molar-refractivity contribution >= 4 is 35.3 Å².